The van der Waals surface area contributed by atoms with E-state index in [0.717, 1.165) is 6.42 Å². The number of hydrogen-bond acceptors (Lipinski definition) is 7. The highest BCUT2D eigenvalue weighted by atomic mass is 16.6. The van der Waals surface area contributed by atoms with Gasteiger partial charge in [0.2, 0.25) is 11.6 Å². The predicted molar refractivity (Wildman–Crippen MR) is 70.3 cm³/mol. The molecule has 0 fully saturated rings. The van der Waals surface area contributed by atoms with Crippen molar-refractivity contribution >= 4 is 5.69 Å². The van der Waals surface area contributed by atoms with E-state index in [2.05, 4.69) is 10.2 Å². The molecule has 0 amide bonds. The summed E-state index contributed by atoms with van der Waals surface area (Å²) in [5, 5.41) is 18.7. The Kier molecular flexibility index (Phi) is 4.26. The first-order valence-electron chi connectivity index (χ1n) is 6.01. The molecular weight excluding hydrogens is 264 g/mol. The maximum absolute atomic E-state index is 11.0. The number of ether oxygens (including phenoxy) is 1. The third-order valence-electron chi connectivity index (χ3n) is 2.69. The Hall–Kier alpha value is -2.48. The van der Waals surface area contributed by atoms with Crippen LogP contribution in [0.1, 0.15) is 12.3 Å². The highest BCUT2D eigenvalue weighted by molar-refractivity contribution is 5.69. The molecular formula is C12H14N4O4. The lowest BCUT2D eigenvalue weighted by Gasteiger charge is -2.05. The lowest BCUT2D eigenvalue weighted by atomic mass is 10.1. The molecule has 8 nitrogen and oxygen atoms in total. The number of methoxy groups -OCH3 is 1. The SMILES string of the molecule is COc1c(-c2nnc(CCCN)o2)cccc1[N+](=O)[O-]. The summed E-state index contributed by atoms with van der Waals surface area (Å²) in [7, 11) is 1.36. The number of nitrogens with zero attached hydrogens (tertiary/aromatic N) is 3. The second-order valence-corrected chi connectivity index (χ2v) is 4.01. The van der Waals surface area contributed by atoms with E-state index in [1.165, 1.54) is 13.2 Å². The molecule has 2 rings (SSSR count). The van der Waals surface area contributed by atoms with E-state index in [1.807, 2.05) is 0 Å². The summed E-state index contributed by atoms with van der Waals surface area (Å²) in [4.78, 5) is 10.4. The van der Waals surface area contributed by atoms with Crippen molar-refractivity contribution < 1.29 is 14.1 Å². The number of rotatable bonds is 6. The number of nitro benzene ring substituents is 1. The van der Waals surface area contributed by atoms with Crippen molar-refractivity contribution in [3.05, 3.63) is 34.2 Å². The average Bonchev–Trinajstić information content (AvgIpc) is 2.92. The first-order chi connectivity index (χ1) is 9.67. The van der Waals surface area contributed by atoms with Crippen LogP contribution in [0.5, 0.6) is 5.75 Å². The zero-order valence-electron chi connectivity index (χ0n) is 10.9. The van der Waals surface area contributed by atoms with E-state index in [4.69, 9.17) is 14.9 Å². The minimum Gasteiger partial charge on any atom is -0.490 e. The lowest BCUT2D eigenvalue weighted by molar-refractivity contribution is -0.385. The Morgan fingerprint density at radius 2 is 2.25 bits per heavy atom. The monoisotopic (exact) mass is 278 g/mol. The van der Waals surface area contributed by atoms with Gasteiger partial charge in [0.25, 0.3) is 5.89 Å². The molecule has 0 radical (unpaired) electrons. The van der Waals surface area contributed by atoms with Gasteiger partial charge >= 0.3 is 5.69 Å². The molecule has 2 N–H and O–H groups in total. The molecule has 1 aromatic heterocycles. The molecule has 0 aliphatic heterocycles. The first kappa shape index (κ1) is 13.9. The smallest absolute Gasteiger partial charge is 0.311 e. The highest BCUT2D eigenvalue weighted by Gasteiger charge is 2.22. The second kappa shape index (κ2) is 6.11. The van der Waals surface area contributed by atoms with Crippen LogP contribution < -0.4 is 10.5 Å². The molecule has 0 bridgehead atoms. The molecule has 0 unspecified atom stereocenters. The van der Waals surface area contributed by atoms with Crippen LogP contribution in [-0.2, 0) is 6.42 Å². The van der Waals surface area contributed by atoms with Gasteiger partial charge in [-0.3, -0.25) is 10.1 Å². The fourth-order valence-electron chi connectivity index (χ4n) is 1.77. The Labute approximate surface area is 114 Å². The van der Waals surface area contributed by atoms with Gasteiger partial charge < -0.3 is 14.9 Å². The number of para-hydroxylation sites is 1. The molecule has 0 spiro atoms. The Balaban J connectivity index is 2.39. The van der Waals surface area contributed by atoms with Crippen molar-refractivity contribution in [1.82, 2.24) is 10.2 Å². The lowest BCUT2D eigenvalue weighted by Crippen LogP contribution is -2.00. The van der Waals surface area contributed by atoms with E-state index in [1.54, 1.807) is 12.1 Å². The van der Waals surface area contributed by atoms with Gasteiger partial charge in [0.15, 0.2) is 0 Å². The summed E-state index contributed by atoms with van der Waals surface area (Å²) < 4.78 is 10.6. The van der Waals surface area contributed by atoms with Gasteiger partial charge in [0.05, 0.1) is 17.6 Å². The highest BCUT2D eigenvalue weighted by Crippen LogP contribution is 2.36. The molecule has 0 aliphatic rings. The Morgan fingerprint density at radius 3 is 2.90 bits per heavy atom. The quantitative estimate of drug-likeness (QED) is 0.629. The number of nitro groups is 1. The average molecular weight is 278 g/mol. The number of aryl methyl sites for hydroxylation is 1. The fraction of sp³-hybridized carbons (Fsp3) is 0.333. The summed E-state index contributed by atoms with van der Waals surface area (Å²) in [6, 6.07) is 4.53. The van der Waals surface area contributed by atoms with Crippen LogP contribution in [0, 0.1) is 10.1 Å². The molecule has 106 valence electrons. The topological polar surface area (TPSA) is 117 Å². The summed E-state index contributed by atoms with van der Waals surface area (Å²) >= 11 is 0. The zero-order chi connectivity index (χ0) is 14.5. The molecule has 0 saturated heterocycles. The van der Waals surface area contributed by atoms with Crippen LogP contribution in [0.4, 0.5) is 5.69 Å². The van der Waals surface area contributed by atoms with Gasteiger partial charge in [0, 0.05) is 12.5 Å². The van der Waals surface area contributed by atoms with Crippen molar-refractivity contribution in [2.24, 2.45) is 5.73 Å². The van der Waals surface area contributed by atoms with Crippen molar-refractivity contribution in [3.8, 4) is 17.2 Å². The van der Waals surface area contributed by atoms with Gasteiger partial charge in [-0.05, 0) is 19.0 Å². The zero-order valence-corrected chi connectivity index (χ0v) is 10.9. The Bertz CT molecular complexity index is 611. The van der Waals surface area contributed by atoms with Crippen LogP contribution in [0.3, 0.4) is 0 Å². The molecule has 0 aliphatic carbocycles. The molecule has 20 heavy (non-hydrogen) atoms. The van der Waals surface area contributed by atoms with E-state index < -0.39 is 4.92 Å². The molecule has 8 heteroatoms. The largest absolute Gasteiger partial charge is 0.490 e. The van der Waals surface area contributed by atoms with Crippen LogP contribution in [0.15, 0.2) is 22.6 Å². The fourth-order valence-corrected chi connectivity index (χ4v) is 1.77. The summed E-state index contributed by atoms with van der Waals surface area (Å²) in [6.45, 7) is 0.526. The first-order valence-corrected chi connectivity index (χ1v) is 6.01. The third-order valence-corrected chi connectivity index (χ3v) is 2.69. The maximum Gasteiger partial charge on any atom is 0.311 e. The molecule has 0 saturated carbocycles. The maximum atomic E-state index is 11.0. The number of aromatic nitrogens is 2. The minimum absolute atomic E-state index is 0.103. The van der Waals surface area contributed by atoms with Crippen LogP contribution in [0.2, 0.25) is 0 Å². The molecule has 0 atom stereocenters. The molecule has 2 aromatic rings. The number of benzene rings is 1. The van der Waals surface area contributed by atoms with Crippen LogP contribution in [-0.4, -0.2) is 28.8 Å². The van der Waals surface area contributed by atoms with E-state index in [0.29, 0.717) is 24.4 Å². The van der Waals surface area contributed by atoms with Crippen LogP contribution >= 0.6 is 0 Å². The van der Waals surface area contributed by atoms with Gasteiger partial charge in [-0.2, -0.15) is 0 Å². The van der Waals surface area contributed by atoms with E-state index in [-0.39, 0.29) is 17.3 Å². The Morgan fingerprint density at radius 1 is 1.45 bits per heavy atom. The minimum atomic E-state index is -0.520. The van der Waals surface area contributed by atoms with E-state index in [9.17, 15) is 10.1 Å². The number of nitrogens with two attached hydrogens (primary N) is 1. The molecule has 1 heterocycles. The van der Waals surface area contributed by atoms with Crippen molar-refractivity contribution in [1.29, 1.82) is 0 Å². The van der Waals surface area contributed by atoms with Crippen LogP contribution in [0.25, 0.3) is 11.5 Å². The van der Waals surface area contributed by atoms with Gasteiger partial charge in [-0.15, -0.1) is 10.2 Å². The van der Waals surface area contributed by atoms with Crippen molar-refractivity contribution in [3.63, 3.8) is 0 Å². The molecule has 1 aromatic carbocycles. The third kappa shape index (κ3) is 2.75. The normalized spacial score (nSPS) is 10.5. The standard InChI is InChI=1S/C12H14N4O4/c1-19-11-8(4-2-5-9(11)16(17)18)12-15-14-10(20-12)6-3-7-13/h2,4-5H,3,6-7,13H2,1H3. The predicted octanol–water partition coefficient (Wildman–Crippen LogP) is 1.54. The van der Waals surface area contributed by atoms with Crippen molar-refractivity contribution in [2.45, 2.75) is 12.8 Å². The number of hydrogen-bond donors (Lipinski definition) is 1. The van der Waals surface area contributed by atoms with Gasteiger partial charge in [-0.1, -0.05) is 6.07 Å². The second-order valence-electron chi connectivity index (χ2n) is 4.01. The summed E-state index contributed by atoms with van der Waals surface area (Å²) in [5.74, 6) is 0.739. The van der Waals surface area contributed by atoms with E-state index >= 15 is 0 Å². The summed E-state index contributed by atoms with van der Waals surface area (Å²) in [6.07, 6.45) is 1.30. The van der Waals surface area contributed by atoms with Crippen molar-refractivity contribution in [2.75, 3.05) is 13.7 Å². The van der Waals surface area contributed by atoms with Gasteiger partial charge in [0.1, 0.15) is 0 Å². The van der Waals surface area contributed by atoms with Gasteiger partial charge in [-0.25, -0.2) is 0 Å². The summed E-state index contributed by atoms with van der Waals surface area (Å²) in [5.41, 5.74) is 5.66.